The highest BCUT2D eigenvalue weighted by Gasteiger charge is 2.18. The van der Waals surface area contributed by atoms with Crippen LogP contribution in [0.2, 0.25) is 5.02 Å². The van der Waals surface area contributed by atoms with Gasteiger partial charge in [-0.3, -0.25) is 9.58 Å². The van der Waals surface area contributed by atoms with E-state index in [1.54, 1.807) is 0 Å². The number of aryl methyl sites for hydroxylation is 1. The number of rotatable bonds is 5. The fraction of sp³-hybridized carbons (Fsp3) is 0.421. The Morgan fingerprint density at radius 2 is 2.04 bits per heavy atom. The summed E-state index contributed by atoms with van der Waals surface area (Å²) in [4.78, 5) is 2.43. The molecule has 4 nitrogen and oxygen atoms in total. The molecule has 1 N–H and O–H groups in total. The molecule has 0 saturated heterocycles. The zero-order valence-corrected chi connectivity index (χ0v) is 15.1. The second-order valence-corrected chi connectivity index (χ2v) is 6.70. The van der Waals surface area contributed by atoms with E-state index in [1.165, 1.54) is 11.1 Å². The molecule has 0 fully saturated rings. The third-order valence-electron chi connectivity index (χ3n) is 4.74. The summed E-state index contributed by atoms with van der Waals surface area (Å²) in [5.74, 6) is 0. The fourth-order valence-electron chi connectivity index (χ4n) is 3.32. The molecule has 0 bridgehead atoms. The van der Waals surface area contributed by atoms with E-state index in [4.69, 9.17) is 16.7 Å². The Bertz CT molecular complexity index is 751. The lowest BCUT2D eigenvalue weighted by molar-refractivity contribution is 0.267. The summed E-state index contributed by atoms with van der Waals surface area (Å²) in [5, 5.41) is 14.5. The maximum absolute atomic E-state index is 9.14. The van der Waals surface area contributed by atoms with Gasteiger partial charge in [0, 0.05) is 35.9 Å². The van der Waals surface area contributed by atoms with Crippen LogP contribution in [0, 0.1) is 13.8 Å². The molecular weight excluding hydrogens is 322 g/mol. The van der Waals surface area contributed by atoms with E-state index in [9.17, 15) is 0 Å². The predicted octanol–water partition coefficient (Wildman–Crippen LogP) is 3.43. The summed E-state index contributed by atoms with van der Waals surface area (Å²) in [6, 6.07) is 8.05. The maximum atomic E-state index is 9.14. The van der Waals surface area contributed by atoms with Gasteiger partial charge in [0.05, 0.1) is 18.8 Å². The van der Waals surface area contributed by atoms with Gasteiger partial charge in [-0.25, -0.2) is 0 Å². The van der Waals surface area contributed by atoms with Crippen molar-refractivity contribution >= 4 is 17.2 Å². The van der Waals surface area contributed by atoms with Crippen LogP contribution in [0.5, 0.6) is 0 Å². The smallest absolute Gasteiger partial charge is 0.0644 e. The molecule has 3 rings (SSSR count). The fourth-order valence-corrected chi connectivity index (χ4v) is 3.58. The lowest BCUT2D eigenvalue weighted by Crippen LogP contribution is -2.28. The molecule has 1 aliphatic heterocycles. The Kier molecular flexibility index (Phi) is 5.39. The first-order valence-corrected chi connectivity index (χ1v) is 8.78. The number of benzene rings is 1. The summed E-state index contributed by atoms with van der Waals surface area (Å²) < 4.78 is 1.90. The van der Waals surface area contributed by atoms with Crippen molar-refractivity contribution < 1.29 is 5.11 Å². The highest BCUT2D eigenvalue weighted by atomic mass is 35.5. The molecule has 0 atom stereocenters. The molecule has 0 aliphatic carbocycles. The Morgan fingerprint density at radius 3 is 2.71 bits per heavy atom. The van der Waals surface area contributed by atoms with Gasteiger partial charge in [0.15, 0.2) is 0 Å². The van der Waals surface area contributed by atoms with E-state index in [0.29, 0.717) is 6.54 Å². The molecule has 0 amide bonds. The molecular formula is C19H24ClN3O. The van der Waals surface area contributed by atoms with Gasteiger partial charge in [-0.2, -0.15) is 5.10 Å². The third kappa shape index (κ3) is 3.56. The standard InChI is InChI=1S/C19H24ClN3O/c1-14-18(15(2)23(21-14)11-12-24)13-22-9-7-16(8-10-22)17-5-3-4-6-19(17)20/h3-7,24H,8-13H2,1-2H3. The molecule has 24 heavy (non-hydrogen) atoms. The van der Waals surface area contributed by atoms with E-state index in [-0.39, 0.29) is 6.61 Å². The van der Waals surface area contributed by atoms with Gasteiger partial charge in [0.1, 0.15) is 0 Å². The number of aliphatic hydroxyl groups is 1. The molecule has 1 aromatic carbocycles. The normalized spacial score (nSPS) is 15.6. The molecule has 128 valence electrons. The van der Waals surface area contributed by atoms with Crippen molar-refractivity contribution in [1.82, 2.24) is 14.7 Å². The predicted molar refractivity (Wildman–Crippen MR) is 98.1 cm³/mol. The zero-order valence-electron chi connectivity index (χ0n) is 14.3. The van der Waals surface area contributed by atoms with Gasteiger partial charge in [0.25, 0.3) is 0 Å². The van der Waals surface area contributed by atoms with Crippen molar-refractivity contribution in [3.63, 3.8) is 0 Å². The van der Waals surface area contributed by atoms with Crippen LogP contribution in [0.4, 0.5) is 0 Å². The minimum atomic E-state index is 0.120. The molecule has 0 saturated carbocycles. The Labute approximate surface area is 148 Å². The third-order valence-corrected chi connectivity index (χ3v) is 5.07. The number of halogens is 1. The van der Waals surface area contributed by atoms with E-state index in [0.717, 1.165) is 48.0 Å². The van der Waals surface area contributed by atoms with Gasteiger partial charge in [-0.05, 0) is 37.5 Å². The maximum Gasteiger partial charge on any atom is 0.0644 e. The van der Waals surface area contributed by atoms with Crippen LogP contribution in [0.15, 0.2) is 30.3 Å². The minimum Gasteiger partial charge on any atom is -0.394 e. The highest BCUT2D eigenvalue weighted by molar-refractivity contribution is 6.32. The highest BCUT2D eigenvalue weighted by Crippen LogP contribution is 2.29. The molecule has 0 unspecified atom stereocenters. The summed E-state index contributed by atoms with van der Waals surface area (Å²) >= 11 is 6.31. The van der Waals surface area contributed by atoms with Crippen LogP contribution in [-0.4, -0.2) is 39.5 Å². The van der Waals surface area contributed by atoms with Crippen molar-refractivity contribution in [2.75, 3.05) is 19.7 Å². The van der Waals surface area contributed by atoms with Gasteiger partial charge < -0.3 is 5.11 Å². The zero-order chi connectivity index (χ0) is 17.1. The average Bonchev–Trinajstić information content (AvgIpc) is 2.84. The molecule has 5 heteroatoms. The minimum absolute atomic E-state index is 0.120. The van der Waals surface area contributed by atoms with E-state index in [1.807, 2.05) is 29.8 Å². The van der Waals surface area contributed by atoms with Crippen LogP contribution >= 0.6 is 11.6 Å². The first kappa shape index (κ1) is 17.2. The molecule has 1 aliphatic rings. The first-order valence-electron chi connectivity index (χ1n) is 8.40. The Hall–Kier alpha value is -1.62. The summed E-state index contributed by atoms with van der Waals surface area (Å²) in [5.41, 5.74) is 5.98. The van der Waals surface area contributed by atoms with E-state index >= 15 is 0 Å². The van der Waals surface area contributed by atoms with Crippen molar-refractivity contribution in [3.05, 3.63) is 57.9 Å². The molecule has 0 spiro atoms. The molecule has 2 heterocycles. The van der Waals surface area contributed by atoms with Crippen molar-refractivity contribution in [1.29, 1.82) is 0 Å². The van der Waals surface area contributed by atoms with Gasteiger partial charge >= 0.3 is 0 Å². The second kappa shape index (κ2) is 7.51. The second-order valence-electron chi connectivity index (χ2n) is 6.29. The van der Waals surface area contributed by atoms with Gasteiger partial charge in [-0.15, -0.1) is 0 Å². The van der Waals surface area contributed by atoms with Crippen LogP contribution in [-0.2, 0) is 13.1 Å². The monoisotopic (exact) mass is 345 g/mol. The van der Waals surface area contributed by atoms with E-state index < -0.39 is 0 Å². The lowest BCUT2D eigenvalue weighted by atomic mass is 9.99. The Balaban J connectivity index is 1.71. The summed E-state index contributed by atoms with van der Waals surface area (Å²) in [6.45, 7) is 7.64. The number of aliphatic hydroxyl groups excluding tert-OH is 1. The average molecular weight is 346 g/mol. The van der Waals surface area contributed by atoms with Gasteiger partial charge in [0.2, 0.25) is 0 Å². The van der Waals surface area contributed by atoms with Crippen LogP contribution < -0.4 is 0 Å². The quantitative estimate of drug-likeness (QED) is 0.902. The van der Waals surface area contributed by atoms with Crippen molar-refractivity contribution in [2.45, 2.75) is 33.4 Å². The van der Waals surface area contributed by atoms with E-state index in [2.05, 4.69) is 29.1 Å². The van der Waals surface area contributed by atoms with Crippen LogP contribution in [0.1, 0.15) is 28.9 Å². The number of aromatic nitrogens is 2. The van der Waals surface area contributed by atoms with Crippen molar-refractivity contribution in [3.8, 4) is 0 Å². The molecule has 0 radical (unpaired) electrons. The van der Waals surface area contributed by atoms with Crippen LogP contribution in [0.3, 0.4) is 0 Å². The molecule has 1 aromatic heterocycles. The van der Waals surface area contributed by atoms with Gasteiger partial charge in [-0.1, -0.05) is 35.9 Å². The number of hydrogen-bond donors (Lipinski definition) is 1. The largest absolute Gasteiger partial charge is 0.394 e. The Morgan fingerprint density at radius 1 is 1.25 bits per heavy atom. The number of nitrogens with zero attached hydrogens (tertiary/aromatic N) is 3. The van der Waals surface area contributed by atoms with Crippen molar-refractivity contribution in [2.24, 2.45) is 0 Å². The summed E-state index contributed by atoms with van der Waals surface area (Å²) in [7, 11) is 0. The first-order chi connectivity index (χ1) is 11.6. The summed E-state index contributed by atoms with van der Waals surface area (Å²) in [6.07, 6.45) is 3.29. The SMILES string of the molecule is Cc1nn(CCO)c(C)c1CN1CC=C(c2ccccc2Cl)CC1. The topological polar surface area (TPSA) is 41.3 Å². The number of hydrogen-bond acceptors (Lipinski definition) is 3. The molecule has 2 aromatic rings. The van der Waals surface area contributed by atoms with Crippen LogP contribution in [0.25, 0.3) is 5.57 Å². The lowest BCUT2D eigenvalue weighted by Gasteiger charge is -2.27.